The molecule has 3 fully saturated rings. The van der Waals surface area contributed by atoms with Crippen LogP contribution in [-0.4, -0.2) is 112 Å². The Labute approximate surface area is 336 Å². The Balaban J connectivity index is 1.51. The average molecular weight is 812 g/mol. The number of ether oxygens (including phenoxy) is 6. The van der Waals surface area contributed by atoms with E-state index in [1.165, 1.54) is 51.5 Å². The second-order valence-electron chi connectivity index (χ2n) is 17.4. The Morgan fingerprint density at radius 1 is 1.00 bits per heavy atom. The quantitative estimate of drug-likeness (QED) is 0.162. The summed E-state index contributed by atoms with van der Waals surface area (Å²) < 4.78 is 41.1. The summed E-state index contributed by atoms with van der Waals surface area (Å²) in [5.74, 6) is -5.10. The molecule has 1 aromatic heterocycles. The van der Waals surface area contributed by atoms with E-state index in [-0.39, 0.29) is 35.5 Å². The minimum atomic E-state index is -2.29. The molecule has 1 saturated heterocycles. The maximum atomic E-state index is 15.3. The van der Waals surface area contributed by atoms with E-state index in [1.54, 1.807) is 52.8 Å². The molecule has 316 valence electrons. The van der Waals surface area contributed by atoms with E-state index in [2.05, 4.69) is 5.32 Å². The fourth-order valence-electron chi connectivity index (χ4n) is 9.46. The first-order valence-electron chi connectivity index (χ1n) is 19.2. The van der Waals surface area contributed by atoms with Gasteiger partial charge in [0.2, 0.25) is 0 Å². The predicted molar refractivity (Wildman–Crippen MR) is 201 cm³/mol. The summed E-state index contributed by atoms with van der Waals surface area (Å²) in [6, 6.07) is 9.40. The number of furan rings is 1. The van der Waals surface area contributed by atoms with Gasteiger partial charge in [0.15, 0.2) is 18.0 Å². The topological polar surface area (TPSA) is 227 Å². The lowest BCUT2D eigenvalue weighted by Crippen LogP contribution is -2.81. The summed E-state index contributed by atoms with van der Waals surface area (Å²) in [4.78, 5) is 69.3. The molecule has 4 aliphatic rings. The molecule has 4 N–H and O–H groups in total. The molecule has 2 aromatic rings. The highest BCUT2D eigenvalue weighted by Gasteiger charge is 2.77. The molecule has 2 saturated carbocycles. The smallest absolute Gasteiger partial charge is 0.408 e. The van der Waals surface area contributed by atoms with Gasteiger partial charge in [0.25, 0.3) is 0 Å². The SMILES string of the molecule is CO[C@@]12CO[C@@H]1C[C@H](O)[C@@]1(C)C(=O)[C@H](OC(C)=O)C3=C(C)[C@@H](OC(=O)[C@H](O)[C@@H](NC(=O)OC(C)(C)C)c4ccco4)C[C@@](O)([C@@H](OC(=O)c4ccccc4)C12)C3(C)C. The van der Waals surface area contributed by atoms with Crippen LogP contribution in [0.2, 0.25) is 0 Å². The third-order valence-corrected chi connectivity index (χ3v) is 12.6. The van der Waals surface area contributed by atoms with Crippen LogP contribution in [0.5, 0.6) is 0 Å². The third kappa shape index (κ3) is 7.01. The van der Waals surface area contributed by atoms with Gasteiger partial charge < -0.3 is 53.5 Å². The molecule has 1 aliphatic heterocycles. The molecule has 6 rings (SSSR count). The van der Waals surface area contributed by atoms with Gasteiger partial charge in [-0.3, -0.25) is 9.59 Å². The number of fused-ring (bicyclic) bond motifs is 5. The van der Waals surface area contributed by atoms with Gasteiger partial charge in [-0.1, -0.05) is 32.0 Å². The number of ketones is 1. The molecule has 11 atom stereocenters. The summed E-state index contributed by atoms with van der Waals surface area (Å²) in [6.45, 7) is 12.1. The van der Waals surface area contributed by atoms with E-state index in [9.17, 15) is 34.5 Å². The van der Waals surface area contributed by atoms with E-state index in [0.29, 0.717) is 0 Å². The third-order valence-electron chi connectivity index (χ3n) is 12.6. The number of nitrogens with one attached hydrogen (secondary N) is 1. The first-order chi connectivity index (χ1) is 27.0. The van der Waals surface area contributed by atoms with E-state index in [0.717, 1.165) is 6.92 Å². The number of carbonyl (C=O) groups excluding carboxylic acids is 5. The Morgan fingerprint density at radius 2 is 1.67 bits per heavy atom. The lowest BCUT2D eigenvalue weighted by Gasteiger charge is -2.67. The number of hydrogen-bond acceptors (Lipinski definition) is 15. The van der Waals surface area contributed by atoms with Crippen molar-refractivity contribution in [3.05, 3.63) is 71.2 Å². The summed E-state index contributed by atoms with van der Waals surface area (Å²) in [7, 11) is 1.40. The van der Waals surface area contributed by atoms with Gasteiger partial charge in [-0.05, 0) is 70.0 Å². The van der Waals surface area contributed by atoms with Crippen LogP contribution >= 0.6 is 0 Å². The highest BCUT2D eigenvalue weighted by atomic mass is 16.6. The second-order valence-corrected chi connectivity index (χ2v) is 17.4. The van der Waals surface area contributed by atoms with E-state index in [4.69, 9.17) is 32.8 Å². The standard InChI is InChI=1S/C42H53NO15/c1-21-25(56-36(49)30(46)29(24-16-13-17-53-24)43-37(50)58-38(3,4)5)19-42(51)34(57-35(48)23-14-11-10-12-15-23)32-40(8,26(45)18-27-41(32,52-9)20-54-27)33(47)31(55-22(2)44)28(21)39(42,6)7/h10-17,25-27,29-32,34,45-46,51H,18-20H2,1-9H3,(H,43,50)/t25-,26-,27+,29-,30+,31+,32?,34-,40+,41-,42+/m0/s1. The summed E-state index contributed by atoms with van der Waals surface area (Å²) in [5.41, 5.74) is -7.76. The first kappa shape index (κ1) is 43.0. The first-order valence-corrected chi connectivity index (χ1v) is 19.2. The number of amides is 1. The molecule has 3 aliphatic carbocycles. The van der Waals surface area contributed by atoms with Crippen molar-refractivity contribution in [2.75, 3.05) is 13.7 Å². The van der Waals surface area contributed by atoms with Gasteiger partial charge >= 0.3 is 24.0 Å². The molecule has 1 amide bonds. The predicted octanol–water partition coefficient (Wildman–Crippen LogP) is 3.51. The van der Waals surface area contributed by atoms with Crippen molar-refractivity contribution < 1.29 is 72.1 Å². The fraction of sp³-hybridized carbons (Fsp3) is 0.595. The summed E-state index contributed by atoms with van der Waals surface area (Å²) in [6.07, 6.45) is -9.48. The van der Waals surface area contributed by atoms with Crippen LogP contribution in [0.15, 0.2) is 64.3 Å². The molecule has 2 bridgehead atoms. The number of aliphatic hydroxyl groups excluding tert-OH is 2. The lowest BCUT2D eigenvalue weighted by molar-refractivity contribution is -0.350. The minimum Gasteiger partial charge on any atom is -0.467 e. The number of Topliss-reactive ketones (excluding diaryl/α,β-unsaturated/α-hetero) is 1. The number of alkyl carbamates (subject to hydrolysis) is 1. The number of rotatable bonds is 9. The molecule has 0 spiro atoms. The van der Waals surface area contributed by atoms with E-state index in [1.807, 2.05) is 0 Å². The lowest BCUT2D eigenvalue weighted by atomic mass is 9.44. The molecule has 1 unspecified atom stereocenters. The van der Waals surface area contributed by atoms with Crippen LogP contribution in [0.4, 0.5) is 4.79 Å². The number of benzene rings is 1. The summed E-state index contributed by atoms with van der Waals surface area (Å²) in [5, 5.41) is 39.5. The average Bonchev–Trinajstić information content (AvgIpc) is 3.68. The van der Waals surface area contributed by atoms with Gasteiger partial charge in [-0.15, -0.1) is 0 Å². The summed E-state index contributed by atoms with van der Waals surface area (Å²) >= 11 is 0. The van der Waals surface area contributed by atoms with Crippen LogP contribution < -0.4 is 5.32 Å². The van der Waals surface area contributed by atoms with Gasteiger partial charge in [0.05, 0.1) is 36.1 Å². The zero-order valence-corrected chi connectivity index (χ0v) is 34.1. The minimum absolute atomic E-state index is 0.00960. The highest BCUT2D eigenvalue weighted by molar-refractivity contribution is 5.95. The monoisotopic (exact) mass is 811 g/mol. The van der Waals surface area contributed by atoms with Gasteiger partial charge in [0, 0.05) is 38.2 Å². The number of hydrogen-bond donors (Lipinski definition) is 4. The Morgan fingerprint density at radius 3 is 2.22 bits per heavy atom. The number of carbonyl (C=O) groups is 5. The van der Waals surface area contributed by atoms with Crippen molar-refractivity contribution in [3.8, 4) is 0 Å². The second kappa shape index (κ2) is 15.2. The molecule has 0 radical (unpaired) electrons. The molecular formula is C42H53NO15. The zero-order chi connectivity index (χ0) is 42.7. The van der Waals surface area contributed by atoms with Gasteiger partial charge in [0.1, 0.15) is 40.8 Å². The van der Waals surface area contributed by atoms with E-state index < -0.39 is 112 Å². The van der Waals surface area contributed by atoms with Crippen molar-refractivity contribution in [2.24, 2.45) is 16.7 Å². The van der Waals surface area contributed by atoms with Crippen LogP contribution in [0, 0.1) is 16.7 Å². The van der Waals surface area contributed by atoms with Gasteiger partial charge in [-0.25, -0.2) is 14.4 Å². The molecule has 2 heterocycles. The van der Waals surface area contributed by atoms with Crippen LogP contribution in [0.3, 0.4) is 0 Å². The molecule has 58 heavy (non-hydrogen) atoms. The van der Waals surface area contributed by atoms with Crippen molar-refractivity contribution >= 4 is 29.8 Å². The van der Waals surface area contributed by atoms with Gasteiger partial charge in [-0.2, -0.15) is 0 Å². The number of aliphatic hydroxyl groups is 3. The maximum absolute atomic E-state index is 15.3. The molecular weight excluding hydrogens is 758 g/mol. The van der Waals surface area contributed by atoms with Crippen LogP contribution in [0.25, 0.3) is 0 Å². The number of methoxy groups -OCH3 is 1. The van der Waals surface area contributed by atoms with Crippen molar-refractivity contribution in [2.45, 2.75) is 128 Å². The van der Waals surface area contributed by atoms with Crippen LogP contribution in [-0.2, 0) is 42.8 Å². The molecule has 16 nitrogen and oxygen atoms in total. The molecule has 16 heteroatoms. The van der Waals surface area contributed by atoms with Crippen LogP contribution in [0.1, 0.15) is 90.4 Å². The Bertz CT molecular complexity index is 1950. The largest absolute Gasteiger partial charge is 0.467 e. The van der Waals surface area contributed by atoms with Crippen molar-refractivity contribution in [1.82, 2.24) is 5.32 Å². The van der Waals surface area contributed by atoms with Crippen molar-refractivity contribution in [3.63, 3.8) is 0 Å². The number of esters is 3. The van der Waals surface area contributed by atoms with Crippen molar-refractivity contribution in [1.29, 1.82) is 0 Å². The normalized spacial score (nSPS) is 33.8. The Kier molecular flexibility index (Phi) is 11.3. The fourth-order valence-corrected chi connectivity index (χ4v) is 9.46. The van der Waals surface area contributed by atoms with E-state index >= 15 is 4.79 Å². The molecule has 1 aromatic carbocycles. The maximum Gasteiger partial charge on any atom is 0.408 e. The Hall–Kier alpha value is -4.61. The highest BCUT2D eigenvalue weighted by Crippen LogP contribution is 2.64. The zero-order valence-electron chi connectivity index (χ0n) is 34.1.